The van der Waals surface area contributed by atoms with E-state index in [1.54, 1.807) is 0 Å². The fourth-order valence-electron chi connectivity index (χ4n) is 8.04. The van der Waals surface area contributed by atoms with Crippen molar-refractivity contribution in [1.29, 1.82) is 0 Å². The van der Waals surface area contributed by atoms with Crippen molar-refractivity contribution in [3.8, 4) is 0 Å². The van der Waals surface area contributed by atoms with Crippen LogP contribution in [-0.4, -0.2) is 68.5 Å². The molecule has 1 amide bonds. The maximum atomic E-state index is 12.9. The Bertz CT molecular complexity index is 1000. The van der Waals surface area contributed by atoms with Crippen LogP contribution in [0.15, 0.2) is 12.2 Å². The number of unbranched alkanes of at least 4 members (excludes halogenated alkanes) is 34. The fraction of sp³-hybridized carbons (Fsp3) is 0.942. The number of nitrogens with one attached hydrogen (secondary N) is 1. The van der Waals surface area contributed by atoms with Gasteiger partial charge >= 0.3 is 0 Å². The Labute approximate surface area is 380 Å². The highest BCUT2D eigenvalue weighted by Crippen LogP contribution is 2.38. The zero-order valence-corrected chi connectivity index (χ0v) is 42.3. The maximum Gasteiger partial charge on any atom is 0.268 e. The molecule has 3 unspecified atom stereocenters. The normalized spacial score (nSPS) is 14.1. The van der Waals surface area contributed by atoms with Gasteiger partial charge in [-0.05, 0) is 38.5 Å². The average molecular weight is 885 g/mol. The lowest BCUT2D eigenvalue weighted by Crippen LogP contribution is -2.46. The third-order valence-corrected chi connectivity index (χ3v) is 13.2. The van der Waals surface area contributed by atoms with Crippen molar-refractivity contribution >= 4 is 13.7 Å². The van der Waals surface area contributed by atoms with Crippen molar-refractivity contribution in [3.05, 3.63) is 12.2 Å². The van der Waals surface area contributed by atoms with Crippen LogP contribution < -0.4 is 10.2 Å². The second kappa shape index (κ2) is 44.4. The molecule has 0 aliphatic rings. The number of aliphatic hydroxyl groups excluding tert-OH is 1. The number of carbonyl (C=O) groups is 1. The van der Waals surface area contributed by atoms with E-state index >= 15 is 0 Å². The Hall–Kier alpha value is -0.760. The molecule has 0 rings (SSSR count). The Morgan fingerprint density at radius 3 is 1.30 bits per heavy atom. The predicted octanol–water partition coefficient (Wildman–Crippen LogP) is 14.8. The van der Waals surface area contributed by atoms with Crippen molar-refractivity contribution in [2.75, 3.05) is 40.9 Å². The van der Waals surface area contributed by atoms with Crippen LogP contribution in [-0.2, 0) is 18.4 Å². The summed E-state index contributed by atoms with van der Waals surface area (Å²) in [6.07, 6.45) is 52.4. The van der Waals surface area contributed by atoms with Crippen LogP contribution >= 0.6 is 7.82 Å². The molecule has 0 aromatic carbocycles. The van der Waals surface area contributed by atoms with Gasteiger partial charge in [-0.15, -0.1) is 0 Å². The number of amides is 1. The van der Waals surface area contributed by atoms with E-state index in [1.807, 2.05) is 21.1 Å². The molecule has 0 aromatic rings. The number of quaternary nitrogens is 1. The molecule has 0 saturated carbocycles. The second-order valence-corrected chi connectivity index (χ2v) is 21.0. The Kier molecular flexibility index (Phi) is 43.9. The summed E-state index contributed by atoms with van der Waals surface area (Å²) >= 11 is 0. The van der Waals surface area contributed by atoms with Crippen LogP contribution in [0.25, 0.3) is 0 Å². The lowest BCUT2D eigenvalue weighted by atomic mass is 10.0. The van der Waals surface area contributed by atoms with E-state index in [1.165, 1.54) is 186 Å². The summed E-state index contributed by atoms with van der Waals surface area (Å²) < 4.78 is 23.3. The van der Waals surface area contributed by atoms with Crippen molar-refractivity contribution in [3.63, 3.8) is 0 Å². The molecule has 0 bridgehead atoms. The minimum absolute atomic E-state index is 0.0127. The summed E-state index contributed by atoms with van der Waals surface area (Å²) in [4.78, 5) is 25.4. The molecular formula is C52H105N2O6P. The number of likely N-dealkylation sites (N-methyl/N-ethyl adjacent to an activating group) is 1. The third-order valence-electron chi connectivity index (χ3n) is 12.3. The molecule has 0 aromatic heterocycles. The zero-order chi connectivity index (χ0) is 45.0. The highest BCUT2D eigenvalue weighted by atomic mass is 31.2. The molecule has 8 nitrogen and oxygen atoms in total. The van der Waals surface area contributed by atoms with Gasteiger partial charge in [-0.25, -0.2) is 0 Å². The van der Waals surface area contributed by atoms with Crippen molar-refractivity contribution in [2.45, 2.75) is 276 Å². The Morgan fingerprint density at radius 2 is 0.902 bits per heavy atom. The first kappa shape index (κ1) is 60.2. The summed E-state index contributed by atoms with van der Waals surface area (Å²) in [5.41, 5.74) is 0. The third kappa shape index (κ3) is 47.0. The molecular weight excluding hydrogens is 780 g/mol. The summed E-state index contributed by atoms with van der Waals surface area (Å²) in [7, 11) is 1.31. The molecule has 0 radical (unpaired) electrons. The predicted molar refractivity (Wildman–Crippen MR) is 261 cm³/mol. The number of rotatable bonds is 49. The summed E-state index contributed by atoms with van der Waals surface area (Å²) in [5.74, 6) is -0.171. The van der Waals surface area contributed by atoms with Gasteiger partial charge in [0, 0.05) is 6.42 Å². The molecule has 0 heterocycles. The highest BCUT2D eigenvalue weighted by molar-refractivity contribution is 7.45. The van der Waals surface area contributed by atoms with Gasteiger partial charge in [-0.1, -0.05) is 231 Å². The van der Waals surface area contributed by atoms with Gasteiger partial charge in [0.1, 0.15) is 13.2 Å². The molecule has 0 saturated heterocycles. The van der Waals surface area contributed by atoms with Crippen LogP contribution in [0.1, 0.15) is 264 Å². The zero-order valence-electron chi connectivity index (χ0n) is 41.4. The summed E-state index contributed by atoms with van der Waals surface area (Å²) in [5, 5.41) is 14.0. The fourth-order valence-corrected chi connectivity index (χ4v) is 8.76. The average Bonchev–Trinajstić information content (AvgIpc) is 3.21. The highest BCUT2D eigenvalue weighted by Gasteiger charge is 2.24. The topological polar surface area (TPSA) is 108 Å². The van der Waals surface area contributed by atoms with Crippen LogP contribution in [0.4, 0.5) is 0 Å². The lowest BCUT2D eigenvalue weighted by molar-refractivity contribution is -0.870. The van der Waals surface area contributed by atoms with Crippen LogP contribution in [0.2, 0.25) is 0 Å². The maximum absolute atomic E-state index is 12.9. The van der Waals surface area contributed by atoms with E-state index in [-0.39, 0.29) is 19.1 Å². The van der Waals surface area contributed by atoms with Crippen molar-refractivity contribution in [1.82, 2.24) is 5.32 Å². The number of phosphoric acid groups is 1. The van der Waals surface area contributed by atoms with E-state index < -0.39 is 20.0 Å². The molecule has 0 spiro atoms. The number of aliphatic hydroxyl groups is 1. The molecule has 0 fully saturated rings. The second-order valence-electron chi connectivity index (χ2n) is 19.6. The number of carbonyl (C=O) groups excluding carboxylic acids is 1. The summed E-state index contributed by atoms with van der Waals surface area (Å²) in [6.45, 7) is 4.73. The monoisotopic (exact) mass is 885 g/mol. The SMILES string of the molecule is CCCCCC/C=C\CCCCCCCC(=O)NC(COP(=O)([O-])OCC[N+](C)(C)C)C(O)CCCCCCCCCCCCCCCCCCCCCCCCCCCC. The van der Waals surface area contributed by atoms with Crippen LogP contribution in [0.5, 0.6) is 0 Å². The van der Waals surface area contributed by atoms with Gasteiger partial charge in [-0.3, -0.25) is 9.36 Å². The first-order chi connectivity index (χ1) is 29.5. The van der Waals surface area contributed by atoms with E-state index in [9.17, 15) is 19.4 Å². The van der Waals surface area contributed by atoms with Gasteiger partial charge < -0.3 is 28.8 Å². The molecule has 61 heavy (non-hydrogen) atoms. The number of hydrogen-bond acceptors (Lipinski definition) is 6. The lowest BCUT2D eigenvalue weighted by Gasteiger charge is -2.30. The van der Waals surface area contributed by atoms with Gasteiger partial charge in [0.05, 0.1) is 39.9 Å². The largest absolute Gasteiger partial charge is 0.756 e. The molecule has 2 N–H and O–H groups in total. The first-order valence-electron chi connectivity index (χ1n) is 26.5. The van der Waals surface area contributed by atoms with Gasteiger partial charge in [-0.2, -0.15) is 0 Å². The minimum Gasteiger partial charge on any atom is -0.756 e. The number of hydrogen-bond donors (Lipinski definition) is 2. The van der Waals surface area contributed by atoms with E-state index in [2.05, 4.69) is 31.3 Å². The van der Waals surface area contributed by atoms with E-state index in [0.717, 1.165) is 51.4 Å². The number of phosphoric ester groups is 1. The summed E-state index contributed by atoms with van der Waals surface area (Å²) in [6, 6.07) is -0.801. The van der Waals surface area contributed by atoms with Gasteiger partial charge in [0.2, 0.25) is 5.91 Å². The minimum atomic E-state index is -4.57. The smallest absolute Gasteiger partial charge is 0.268 e. The number of allylic oxidation sites excluding steroid dienone is 2. The molecule has 0 aliphatic carbocycles. The molecule has 0 aliphatic heterocycles. The quantitative estimate of drug-likeness (QED) is 0.0273. The molecule has 9 heteroatoms. The van der Waals surface area contributed by atoms with Crippen molar-refractivity contribution < 1.29 is 32.9 Å². The van der Waals surface area contributed by atoms with E-state index in [0.29, 0.717) is 23.9 Å². The molecule has 3 atom stereocenters. The van der Waals surface area contributed by atoms with Crippen molar-refractivity contribution in [2.24, 2.45) is 0 Å². The standard InChI is InChI=1S/C52H105N2O6P/c1-6-8-10-12-14-16-18-20-21-22-23-24-25-26-27-28-29-30-31-32-34-35-37-39-41-43-45-51(55)50(49-60-61(57,58)59-48-47-54(3,4)5)53-52(56)46-44-42-40-38-36-33-19-17-15-13-11-9-7-2/h17,19,50-51,55H,6-16,18,20-49H2,1-5H3,(H-,53,56,57,58)/b19-17-. The Morgan fingerprint density at radius 1 is 0.557 bits per heavy atom. The van der Waals surface area contributed by atoms with Gasteiger partial charge in [0.25, 0.3) is 7.82 Å². The molecule has 364 valence electrons. The van der Waals surface area contributed by atoms with Gasteiger partial charge in [0.15, 0.2) is 0 Å². The van der Waals surface area contributed by atoms with E-state index in [4.69, 9.17) is 9.05 Å². The Balaban J connectivity index is 4.12. The first-order valence-corrected chi connectivity index (χ1v) is 28.0. The van der Waals surface area contributed by atoms with Crippen LogP contribution in [0.3, 0.4) is 0 Å². The van der Waals surface area contributed by atoms with Crippen LogP contribution in [0, 0.1) is 0 Å². The number of nitrogens with zero attached hydrogens (tertiary/aromatic N) is 1.